The summed E-state index contributed by atoms with van der Waals surface area (Å²) >= 11 is 0. The largest absolute Gasteiger partial charge is 0.477 e. The number of pyridine rings is 1. The molecule has 0 saturated heterocycles. The van der Waals surface area contributed by atoms with Gasteiger partial charge >= 0.3 is 12.0 Å². The van der Waals surface area contributed by atoms with E-state index in [1.54, 1.807) is 0 Å². The van der Waals surface area contributed by atoms with Crippen molar-refractivity contribution in [2.75, 3.05) is 10.6 Å². The summed E-state index contributed by atoms with van der Waals surface area (Å²) in [5.41, 5.74) is 2.13. The highest BCUT2D eigenvalue weighted by Gasteiger charge is 2.07. The average molecular weight is 285 g/mol. The van der Waals surface area contributed by atoms with Crippen LogP contribution in [0.25, 0.3) is 0 Å². The summed E-state index contributed by atoms with van der Waals surface area (Å²) in [5, 5.41) is 14.1. The van der Waals surface area contributed by atoms with Crippen molar-refractivity contribution in [2.24, 2.45) is 0 Å². The number of urea groups is 1. The number of benzene rings is 1. The van der Waals surface area contributed by atoms with Gasteiger partial charge in [-0.2, -0.15) is 0 Å². The van der Waals surface area contributed by atoms with Crippen molar-refractivity contribution in [3.8, 4) is 0 Å². The number of aromatic carboxylic acids is 1. The lowest BCUT2D eigenvalue weighted by atomic mass is 10.1. The van der Waals surface area contributed by atoms with Crippen LogP contribution in [0.15, 0.2) is 42.6 Å². The van der Waals surface area contributed by atoms with Crippen molar-refractivity contribution in [1.82, 2.24) is 4.98 Å². The molecule has 0 bridgehead atoms. The predicted molar refractivity (Wildman–Crippen MR) is 79.7 cm³/mol. The summed E-state index contributed by atoms with van der Waals surface area (Å²) in [6, 6.07) is 9.94. The molecule has 1 heterocycles. The van der Waals surface area contributed by atoms with E-state index >= 15 is 0 Å². The second kappa shape index (κ2) is 6.51. The van der Waals surface area contributed by atoms with Crippen molar-refractivity contribution >= 4 is 23.4 Å². The van der Waals surface area contributed by atoms with Crippen LogP contribution in [0.4, 0.5) is 16.2 Å². The number of nitrogens with zero attached hydrogens (tertiary/aromatic N) is 1. The van der Waals surface area contributed by atoms with Crippen LogP contribution in [0, 0.1) is 0 Å². The number of aromatic nitrogens is 1. The minimum Gasteiger partial charge on any atom is -0.477 e. The molecule has 3 N–H and O–H groups in total. The molecule has 0 aliphatic heterocycles. The van der Waals surface area contributed by atoms with Gasteiger partial charge in [-0.15, -0.1) is 0 Å². The fourth-order valence-corrected chi connectivity index (χ4v) is 1.83. The zero-order chi connectivity index (χ0) is 15.2. The summed E-state index contributed by atoms with van der Waals surface area (Å²) in [4.78, 5) is 26.3. The van der Waals surface area contributed by atoms with Crippen LogP contribution in [0.5, 0.6) is 0 Å². The molecule has 1 aromatic heterocycles. The lowest BCUT2D eigenvalue weighted by Crippen LogP contribution is -2.20. The summed E-state index contributed by atoms with van der Waals surface area (Å²) in [6.45, 7) is 2.01. The molecule has 1 aromatic carbocycles. The monoisotopic (exact) mass is 285 g/mol. The van der Waals surface area contributed by atoms with E-state index in [1.807, 2.05) is 31.2 Å². The number of anilines is 2. The molecule has 0 radical (unpaired) electrons. The average Bonchev–Trinajstić information content (AvgIpc) is 2.48. The highest BCUT2D eigenvalue weighted by atomic mass is 16.4. The Labute approximate surface area is 121 Å². The number of para-hydroxylation sites is 1. The zero-order valence-electron chi connectivity index (χ0n) is 11.5. The molecule has 21 heavy (non-hydrogen) atoms. The number of hydrogen-bond donors (Lipinski definition) is 3. The van der Waals surface area contributed by atoms with Crippen LogP contribution in [0.3, 0.4) is 0 Å². The molecule has 0 spiro atoms. The Morgan fingerprint density at radius 1 is 1.14 bits per heavy atom. The predicted octanol–water partition coefficient (Wildman–Crippen LogP) is 2.99. The Bertz CT molecular complexity index is 653. The smallest absolute Gasteiger partial charge is 0.354 e. The molecule has 0 saturated carbocycles. The maximum absolute atomic E-state index is 11.9. The van der Waals surface area contributed by atoms with E-state index in [0.29, 0.717) is 5.69 Å². The third-order valence-corrected chi connectivity index (χ3v) is 2.89. The number of aryl methyl sites for hydroxylation is 1. The second-order valence-corrected chi connectivity index (χ2v) is 4.33. The van der Waals surface area contributed by atoms with Gasteiger partial charge in [0.15, 0.2) is 0 Å². The SMILES string of the molecule is CCc1ccccc1NC(=O)Nc1ccc(C(=O)O)nc1. The minimum atomic E-state index is -1.11. The number of carbonyl (C=O) groups is 2. The topological polar surface area (TPSA) is 91.3 Å². The molecule has 6 nitrogen and oxygen atoms in total. The Morgan fingerprint density at radius 2 is 1.90 bits per heavy atom. The third-order valence-electron chi connectivity index (χ3n) is 2.89. The summed E-state index contributed by atoms with van der Waals surface area (Å²) in [6.07, 6.45) is 2.11. The first kappa shape index (κ1) is 14.5. The molecule has 0 atom stereocenters. The standard InChI is InChI=1S/C15H15N3O3/c1-2-10-5-3-4-6-12(10)18-15(21)17-11-7-8-13(14(19)20)16-9-11/h3-9H,2H2,1H3,(H,19,20)(H2,17,18,21). The lowest BCUT2D eigenvalue weighted by Gasteiger charge is -2.10. The van der Waals surface area contributed by atoms with Crippen LogP contribution >= 0.6 is 0 Å². The molecule has 108 valence electrons. The summed E-state index contributed by atoms with van der Waals surface area (Å²) < 4.78 is 0. The summed E-state index contributed by atoms with van der Waals surface area (Å²) in [5.74, 6) is -1.11. The molecular weight excluding hydrogens is 270 g/mol. The Morgan fingerprint density at radius 3 is 2.52 bits per heavy atom. The van der Waals surface area contributed by atoms with E-state index in [2.05, 4.69) is 15.6 Å². The van der Waals surface area contributed by atoms with Gasteiger partial charge in [0, 0.05) is 5.69 Å². The number of rotatable bonds is 4. The molecule has 0 aliphatic rings. The van der Waals surface area contributed by atoms with Crippen LogP contribution in [0.1, 0.15) is 23.0 Å². The molecule has 0 unspecified atom stereocenters. The second-order valence-electron chi connectivity index (χ2n) is 4.33. The fraction of sp³-hybridized carbons (Fsp3) is 0.133. The van der Waals surface area contributed by atoms with Crippen LogP contribution in [-0.4, -0.2) is 22.1 Å². The van der Waals surface area contributed by atoms with E-state index in [0.717, 1.165) is 17.7 Å². The fourth-order valence-electron chi connectivity index (χ4n) is 1.83. The third kappa shape index (κ3) is 3.79. The van der Waals surface area contributed by atoms with Crippen LogP contribution in [0.2, 0.25) is 0 Å². The number of carboxylic acids is 1. The maximum atomic E-state index is 11.9. The van der Waals surface area contributed by atoms with E-state index in [4.69, 9.17) is 5.11 Å². The lowest BCUT2D eigenvalue weighted by molar-refractivity contribution is 0.0690. The van der Waals surface area contributed by atoms with E-state index in [1.165, 1.54) is 18.3 Å². The van der Waals surface area contributed by atoms with Gasteiger partial charge in [-0.25, -0.2) is 14.6 Å². The summed E-state index contributed by atoms with van der Waals surface area (Å²) in [7, 11) is 0. The normalized spacial score (nSPS) is 9.95. The van der Waals surface area contributed by atoms with Crippen LogP contribution < -0.4 is 10.6 Å². The van der Waals surface area contributed by atoms with Gasteiger partial charge in [0.2, 0.25) is 0 Å². The van der Waals surface area contributed by atoms with Gasteiger partial charge in [0.25, 0.3) is 0 Å². The number of carbonyl (C=O) groups excluding carboxylic acids is 1. The molecule has 2 rings (SSSR count). The van der Waals surface area contributed by atoms with Crippen LogP contribution in [-0.2, 0) is 6.42 Å². The van der Waals surface area contributed by atoms with Crippen molar-refractivity contribution < 1.29 is 14.7 Å². The number of hydrogen-bond acceptors (Lipinski definition) is 3. The number of carboxylic acid groups (broad SMARTS) is 1. The maximum Gasteiger partial charge on any atom is 0.354 e. The van der Waals surface area contributed by atoms with Gasteiger partial charge in [0.05, 0.1) is 11.9 Å². The van der Waals surface area contributed by atoms with E-state index < -0.39 is 12.0 Å². The highest BCUT2D eigenvalue weighted by Crippen LogP contribution is 2.16. The van der Waals surface area contributed by atoms with Gasteiger partial charge in [0.1, 0.15) is 5.69 Å². The minimum absolute atomic E-state index is 0.0720. The molecule has 0 aliphatic carbocycles. The first-order chi connectivity index (χ1) is 10.1. The number of amides is 2. The number of nitrogens with one attached hydrogen (secondary N) is 2. The zero-order valence-corrected chi connectivity index (χ0v) is 11.5. The Balaban J connectivity index is 2.03. The molecule has 2 amide bonds. The Hall–Kier alpha value is -2.89. The van der Waals surface area contributed by atoms with E-state index in [-0.39, 0.29) is 5.69 Å². The van der Waals surface area contributed by atoms with Gasteiger partial charge < -0.3 is 15.7 Å². The van der Waals surface area contributed by atoms with Gasteiger partial charge in [-0.3, -0.25) is 0 Å². The quantitative estimate of drug-likeness (QED) is 0.805. The molecule has 6 heteroatoms. The van der Waals surface area contributed by atoms with Crippen molar-refractivity contribution in [2.45, 2.75) is 13.3 Å². The first-order valence-electron chi connectivity index (χ1n) is 6.45. The van der Waals surface area contributed by atoms with Crippen molar-refractivity contribution in [3.63, 3.8) is 0 Å². The first-order valence-corrected chi connectivity index (χ1v) is 6.45. The Kier molecular flexibility index (Phi) is 4.50. The van der Waals surface area contributed by atoms with Crippen molar-refractivity contribution in [1.29, 1.82) is 0 Å². The van der Waals surface area contributed by atoms with E-state index in [9.17, 15) is 9.59 Å². The van der Waals surface area contributed by atoms with Crippen molar-refractivity contribution in [3.05, 3.63) is 53.9 Å². The van der Waals surface area contributed by atoms with Gasteiger partial charge in [-0.1, -0.05) is 25.1 Å². The van der Waals surface area contributed by atoms with Gasteiger partial charge in [-0.05, 0) is 30.2 Å². The highest BCUT2D eigenvalue weighted by molar-refractivity contribution is 6.00. The molecule has 2 aromatic rings. The molecule has 0 fully saturated rings. The molecular formula is C15H15N3O3.